The van der Waals surface area contributed by atoms with Crippen LogP contribution in [0.3, 0.4) is 0 Å². The van der Waals surface area contributed by atoms with Gasteiger partial charge in [0.1, 0.15) is 26.4 Å². The average Bonchev–Trinajstić information content (AvgIpc) is 2.72. The second-order valence-corrected chi connectivity index (χ2v) is 8.14. The van der Waals surface area contributed by atoms with E-state index in [0.29, 0.717) is 0 Å². The minimum Gasteiger partial charge on any atom is -0.462 e. The van der Waals surface area contributed by atoms with Gasteiger partial charge >= 0.3 is 23.9 Å². The number of hydrogen-bond donors (Lipinski definition) is 0. The van der Waals surface area contributed by atoms with E-state index < -0.39 is 29.8 Å². The standard InChI is InChI=1S/C24H36O8/c1-17(2)22(26)30-13-12-29-21(25)16-20(19-10-8-6-5-7-9-11-19)24(28)32-15-14-31-23(27)18(3)4/h19-20H,1,3,5-16H2,2,4H3. The van der Waals surface area contributed by atoms with E-state index in [1.165, 1.54) is 20.3 Å². The predicted molar refractivity (Wildman–Crippen MR) is 117 cm³/mol. The van der Waals surface area contributed by atoms with Crippen LogP contribution in [0.1, 0.15) is 65.2 Å². The zero-order valence-electron chi connectivity index (χ0n) is 19.3. The summed E-state index contributed by atoms with van der Waals surface area (Å²) in [6, 6.07) is 0. The maximum absolute atomic E-state index is 12.8. The Labute approximate surface area is 190 Å². The summed E-state index contributed by atoms with van der Waals surface area (Å²) < 4.78 is 20.3. The van der Waals surface area contributed by atoms with Gasteiger partial charge in [-0.05, 0) is 32.6 Å². The van der Waals surface area contributed by atoms with Gasteiger partial charge in [0, 0.05) is 11.1 Å². The summed E-state index contributed by atoms with van der Waals surface area (Å²) in [4.78, 5) is 47.9. The normalized spacial score (nSPS) is 15.4. The summed E-state index contributed by atoms with van der Waals surface area (Å²) in [6.45, 7) is 9.68. The molecule has 180 valence electrons. The van der Waals surface area contributed by atoms with Crippen molar-refractivity contribution in [2.75, 3.05) is 26.4 Å². The van der Waals surface area contributed by atoms with Crippen LogP contribution < -0.4 is 0 Å². The Morgan fingerprint density at radius 3 is 1.66 bits per heavy atom. The van der Waals surface area contributed by atoms with Gasteiger partial charge < -0.3 is 18.9 Å². The SMILES string of the molecule is C=C(C)C(=O)OCCOC(=O)CC(C(=O)OCCOC(=O)C(=C)C)C1CCCCCCC1. The van der Waals surface area contributed by atoms with E-state index in [1.54, 1.807) is 0 Å². The Bertz CT molecular complexity index is 673. The molecule has 0 heterocycles. The zero-order valence-corrected chi connectivity index (χ0v) is 19.3. The second kappa shape index (κ2) is 15.2. The topological polar surface area (TPSA) is 105 Å². The van der Waals surface area contributed by atoms with Crippen molar-refractivity contribution in [3.8, 4) is 0 Å². The molecule has 0 aliphatic heterocycles. The van der Waals surface area contributed by atoms with Gasteiger partial charge in [-0.2, -0.15) is 0 Å². The van der Waals surface area contributed by atoms with Gasteiger partial charge in [-0.15, -0.1) is 0 Å². The van der Waals surface area contributed by atoms with Gasteiger partial charge in [0.2, 0.25) is 0 Å². The fourth-order valence-electron chi connectivity index (χ4n) is 3.49. The van der Waals surface area contributed by atoms with Crippen LogP contribution in [0.5, 0.6) is 0 Å². The molecule has 0 amide bonds. The Balaban J connectivity index is 2.60. The molecular formula is C24H36O8. The number of rotatable bonds is 12. The Morgan fingerprint density at radius 1 is 0.719 bits per heavy atom. The van der Waals surface area contributed by atoms with Crippen LogP contribution >= 0.6 is 0 Å². The van der Waals surface area contributed by atoms with Crippen molar-refractivity contribution in [2.45, 2.75) is 65.2 Å². The summed E-state index contributed by atoms with van der Waals surface area (Å²) in [7, 11) is 0. The minimum absolute atomic E-state index is 0.0227. The molecule has 0 radical (unpaired) electrons. The third kappa shape index (κ3) is 11.1. The van der Waals surface area contributed by atoms with E-state index in [1.807, 2.05) is 0 Å². The maximum Gasteiger partial charge on any atom is 0.333 e. The van der Waals surface area contributed by atoms with Gasteiger partial charge in [0.05, 0.1) is 12.3 Å². The Hall–Kier alpha value is -2.64. The molecule has 1 aliphatic rings. The first-order valence-corrected chi connectivity index (χ1v) is 11.2. The molecule has 1 aliphatic carbocycles. The fraction of sp³-hybridized carbons (Fsp3) is 0.667. The van der Waals surface area contributed by atoms with E-state index in [0.717, 1.165) is 38.5 Å². The first kappa shape index (κ1) is 27.4. The molecule has 0 N–H and O–H groups in total. The van der Waals surface area contributed by atoms with Gasteiger partial charge in [-0.1, -0.05) is 45.3 Å². The molecule has 1 unspecified atom stereocenters. The quantitative estimate of drug-likeness (QED) is 0.191. The van der Waals surface area contributed by atoms with Crippen molar-refractivity contribution in [1.29, 1.82) is 0 Å². The monoisotopic (exact) mass is 452 g/mol. The molecule has 1 atom stereocenters. The first-order valence-electron chi connectivity index (χ1n) is 11.2. The molecule has 8 nitrogen and oxygen atoms in total. The van der Waals surface area contributed by atoms with Gasteiger partial charge in [-0.3, -0.25) is 9.59 Å². The summed E-state index contributed by atoms with van der Waals surface area (Å²) in [6.07, 6.45) is 6.96. The molecule has 0 spiro atoms. The molecule has 0 aromatic carbocycles. The lowest BCUT2D eigenvalue weighted by atomic mass is 9.80. The van der Waals surface area contributed by atoms with Crippen LogP contribution in [0.15, 0.2) is 24.3 Å². The minimum atomic E-state index is -0.629. The molecule has 1 saturated carbocycles. The molecule has 0 bridgehead atoms. The number of carbonyl (C=O) groups is 4. The fourth-order valence-corrected chi connectivity index (χ4v) is 3.49. The molecule has 0 aromatic rings. The summed E-state index contributed by atoms with van der Waals surface area (Å²) in [5.41, 5.74) is 0.526. The van der Waals surface area contributed by atoms with Crippen LogP contribution in [0.2, 0.25) is 0 Å². The Kier molecular flexibility index (Phi) is 13.0. The Morgan fingerprint density at radius 2 is 1.16 bits per heavy atom. The summed E-state index contributed by atoms with van der Waals surface area (Å²) >= 11 is 0. The first-order chi connectivity index (χ1) is 15.2. The van der Waals surface area contributed by atoms with Crippen molar-refractivity contribution in [3.63, 3.8) is 0 Å². The van der Waals surface area contributed by atoms with Crippen molar-refractivity contribution >= 4 is 23.9 Å². The number of carbonyl (C=O) groups excluding carboxylic acids is 4. The van der Waals surface area contributed by atoms with Crippen LogP contribution in [0, 0.1) is 11.8 Å². The maximum atomic E-state index is 12.8. The third-order valence-electron chi connectivity index (χ3n) is 5.25. The van der Waals surface area contributed by atoms with E-state index in [2.05, 4.69) is 13.2 Å². The van der Waals surface area contributed by atoms with E-state index in [4.69, 9.17) is 18.9 Å². The van der Waals surface area contributed by atoms with Crippen LogP contribution in [0.25, 0.3) is 0 Å². The summed E-state index contributed by atoms with van der Waals surface area (Å²) in [5.74, 6) is -2.75. The molecule has 32 heavy (non-hydrogen) atoms. The highest BCUT2D eigenvalue weighted by atomic mass is 16.6. The number of esters is 4. The third-order valence-corrected chi connectivity index (χ3v) is 5.25. The smallest absolute Gasteiger partial charge is 0.333 e. The molecule has 1 fully saturated rings. The van der Waals surface area contributed by atoms with Gasteiger partial charge in [0.25, 0.3) is 0 Å². The van der Waals surface area contributed by atoms with Gasteiger partial charge in [-0.25, -0.2) is 9.59 Å². The number of ether oxygens (including phenoxy) is 4. The second-order valence-electron chi connectivity index (χ2n) is 8.14. The summed E-state index contributed by atoms with van der Waals surface area (Å²) in [5, 5.41) is 0. The molecule has 0 aromatic heterocycles. The van der Waals surface area contributed by atoms with E-state index in [-0.39, 0.29) is 49.9 Å². The van der Waals surface area contributed by atoms with Crippen LogP contribution in [-0.4, -0.2) is 50.3 Å². The van der Waals surface area contributed by atoms with E-state index >= 15 is 0 Å². The highest BCUT2D eigenvalue weighted by Gasteiger charge is 2.32. The lowest BCUT2D eigenvalue weighted by molar-refractivity contribution is -0.160. The highest BCUT2D eigenvalue weighted by molar-refractivity contribution is 5.87. The molecular weight excluding hydrogens is 416 g/mol. The van der Waals surface area contributed by atoms with Gasteiger partial charge in [0.15, 0.2) is 0 Å². The number of hydrogen-bond acceptors (Lipinski definition) is 8. The molecule has 1 rings (SSSR count). The van der Waals surface area contributed by atoms with Crippen molar-refractivity contribution in [3.05, 3.63) is 24.3 Å². The zero-order chi connectivity index (χ0) is 23.9. The molecule has 8 heteroatoms. The average molecular weight is 453 g/mol. The van der Waals surface area contributed by atoms with Crippen molar-refractivity contribution < 1.29 is 38.1 Å². The molecule has 0 saturated heterocycles. The van der Waals surface area contributed by atoms with Crippen LogP contribution in [0.4, 0.5) is 0 Å². The van der Waals surface area contributed by atoms with Crippen molar-refractivity contribution in [2.24, 2.45) is 11.8 Å². The van der Waals surface area contributed by atoms with Crippen molar-refractivity contribution in [1.82, 2.24) is 0 Å². The predicted octanol–water partition coefficient (Wildman–Crippen LogP) is 3.68. The van der Waals surface area contributed by atoms with Crippen LogP contribution in [-0.2, 0) is 38.1 Å². The van der Waals surface area contributed by atoms with E-state index in [9.17, 15) is 19.2 Å². The lowest BCUT2D eigenvalue weighted by Crippen LogP contribution is -2.31. The lowest BCUT2D eigenvalue weighted by Gasteiger charge is -2.26. The largest absolute Gasteiger partial charge is 0.462 e. The highest BCUT2D eigenvalue weighted by Crippen LogP contribution is 2.31.